The number of hydrogen-bond acceptors (Lipinski definition) is 2. The van der Waals surface area contributed by atoms with Gasteiger partial charge in [0, 0.05) is 18.1 Å². The molecule has 1 aromatic carbocycles. The Morgan fingerprint density at radius 2 is 2.17 bits per heavy atom. The van der Waals surface area contributed by atoms with Crippen LogP contribution in [-0.2, 0) is 12.8 Å². The Morgan fingerprint density at radius 3 is 2.78 bits per heavy atom. The first-order valence-electron chi connectivity index (χ1n) is 6.51. The Labute approximate surface area is 114 Å². The van der Waals surface area contributed by atoms with Crippen molar-refractivity contribution in [3.05, 3.63) is 28.3 Å². The highest BCUT2D eigenvalue weighted by molar-refractivity contribution is 6.30. The van der Waals surface area contributed by atoms with Gasteiger partial charge in [0.1, 0.15) is 5.75 Å². The molecule has 1 aromatic rings. The summed E-state index contributed by atoms with van der Waals surface area (Å²) in [6.07, 6.45) is 1.73. The molecule has 2 rings (SSSR count). The summed E-state index contributed by atoms with van der Waals surface area (Å²) in [6, 6.07) is 3.96. The van der Waals surface area contributed by atoms with Crippen LogP contribution < -0.4 is 4.74 Å². The van der Waals surface area contributed by atoms with E-state index in [1.54, 1.807) is 0 Å². The van der Waals surface area contributed by atoms with Crippen LogP contribution in [0.1, 0.15) is 31.9 Å². The Balaban J connectivity index is 2.35. The second kappa shape index (κ2) is 5.10. The topological polar surface area (TPSA) is 29.5 Å². The molecule has 0 amide bonds. The van der Waals surface area contributed by atoms with Crippen LogP contribution in [0.4, 0.5) is 0 Å². The van der Waals surface area contributed by atoms with E-state index in [4.69, 9.17) is 16.3 Å². The molecule has 2 nitrogen and oxygen atoms in total. The summed E-state index contributed by atoms with van der Waals surface area (Å²) >= 11 is 6.16. The van der Waals surface area contributed by atoms with Gasteiger partial charge in [0.05, 0.1) is 6.61 Å². The highest BCUT2D eigenvalue weighted by atomic mass is 35.5. The molecular weight excluding hydrogens is 248 g/mol. The SMILES string of the molecule is CC(C)C(C)(CO)Cc1cc(Cl)cc2c1OCC2. The third kappa shape index (κ3) is 2.50. The summed E-state index contributed by atoms with van der Waals surface area (Å²) in [5.41, 5.74) is 2.19. The average Bonchev–Trinajstić information content (AvgIpc) is 2.76. The van der Waals surface area contributed by atoms with E-state index in [0.29, 0.717) is 5.92 Å². The predicted octanol–water partition coefficient (Wildman–Crippen LogP) is 3.47. The zero-order valence-electron chi connectivity index (χ0n) is 11.3. The summed E-state index contributed by atoms with van der Waals surface area (Å²) in [7, 11) is 0. The lowest BCUT2D eigenvalue weighted by Gasteiger charge is -2.32. The van der Waals surface area contributed by atoms with Crippen molar-refractivity contribution < 1.29 is 9.84 Å². The molecule has 0 fully saturated rings. The van der Waals surface area contributed by atoms with E-state index in [9.17, 15) is 5.11 Å². The number of aliphatic hydroxyl groups is 1. The maximum absolute atomic E-state index is 9.66. The fourth-order valence-electron chi connectivity index (χ4n) is 2.36. The predicted molar refractivity (Wildman–Crippen MR) is 74.4 cm³/mol. The Morgan fingerprint density at radius 1 is 1.44 bits per heavy atom. The molecule has 0 aliphatic carbocycles. The van der Waals surface area contributed by atoms with Crippen LogP contribution in [0.5, 0.6) is 5.75 Å². The third-order valence-corrected chi connectivity index (χ3v) is 4.39. The number of hydrogen-bond donors (Lipinski definition) is 1. The van der Waals surface area contributed by atoms with Crippen molar-refractivity contribution in [1.29, 1.82) is 0 Å². The number of halogens is 1. The van der Waals surface area contributed by atoms with Gasteiger partial charge in [-0.3, -0.25) is 0 Å². The number of aliphatic hydroxyl groups excluding tert-OH is 1. The van der Waals surface area contributed by atoms with Gasteiger partial charge < -0.3 is 9.84 Å². The molecule has 1 N–H and O–H groups in total. The first-order valence-corrected chi connectivity index (χ1v) is 6.89. The number of benzene rings is 1. The van der Waals surface area contributed by atoms with Gasteiger partial charge >= 0.3 is 0 Å². The quantitative estimate of drug-likeness (QED) is 0.906. The van der Waals surface area contributed by atoms with Crippen LogP contribution in [0, 0.1) is 11.3 Å². The molecule has 0 radical (unpaired) electrons. The van der Waals surface area contributed by atoms with Crippen LogP contribution >= 0.6 is 11.6 Å². The van der Waals surface area contributed by atoms with Crippen molar-refractivity contribution in [2.24, 2.45) is 11.3 Å². The monoisotopic (exact) mass is 268 g/mol. The van der Waals surface area contributed by atoms with Crippen molar-refractivity contribution in [3.8, 4) is 5.75 Å². The minimum absolute atomic E-state index is 0.135. The van der Waals surface area contributed by atoms with Crippen LogP contribution in [0.15, 0.2) is 12.1 Å². The minimum Gasteiger partial charge on any atom is -0.493 e. The molecule has 3 heteroatoms. The minimum atomic E-state index is -0.135. The second-order valence-corrected chi connectivity index (χ2v) is 6.23. The summed E-state index contributed by atoms with van der Waals surface area (Å²) in [5.74, 6) is 1.39. The van der Waals surface area contributed by atoms with Crippen molar-refractivity contribution >= 4 is 11.6 Å². The molecule has 0 saturated carbocycles. The van der Waals surface area contributed by atoms with E-state index in [1.165, 1.54) is 5.56 Å². The normalized spacial score (nSPS) is 17.4. The van der Waals surface area contributed by atoms with E-state index >= 15 is 0 Å². The molecule has 1 aliphatic rings. The fourth-order valence-corrected chi connectivity index (χ4v) is 2.62. The van der Waals surface area contributed by atoms with Crippen molar-refractivity contribution in [2.45, 2.75) is 33.6 Å². The van der Waals surface area contributed by atoms with E-state index in [2.05, 4.69) is 20.8 Å². The van der Waals surface area contributed by atoms with Crippen LogP contribution in [0.3, 0.4) is 0 Å². The molecule has 18 heavy (non-hydrogen) atoms. The van der Waals surface area contributed by atoms with E-state index < -0.39 is 0 Å². The smallest absolute Gasteiger partial charge is 0.125 e. The molecular formula is C15H21ClO2. The Hall–Kier alpha value is -0.730. The van der Waals surface area contributed by atoms with E-state index in [0.717, 1.165) is 35.8 Å². The van der Waals surface area contributed by atoms with Gasteiger partial charge in [-0.1, -0.05) is 32.4 Å². The van der Waals surface area contributed by atoms with Gasteiger partial charge in [0.2, 0.25) is 0 Å². The van der Waals surface area contributed by atoms with Crippen LogP contribution in [0.2, 0.25) is 5.02 Å². The first-order chi connectivity index (χ1) is 8.46. The summed E-state index contributed by atoms with van der Waals surface area (Å²) < 4.78 is 5.71. The molecule has 0 spiro atoms. The molecule has 0 aromatic heterocycles. The lowest BCUT2D eigenvalue weighted by Crippen LogP contribution is -2.30. The summed E-state index contributed by atoms with van der Waals surface area (Å²) in [5, 5.41) is 10.4. The highest BCUT2D eigenvalue weighted by Gasteiger charge is 2.30. The van der Waals surface area contributed by atoms with Gasteiger partial charge in [-0.05, 0) is 41.0 Å². The lowest BCUT2D eigenvalue weighted by molar-refractivity contribution is 0.0940. The van der Waals surface area contributed by atoms with Gasteiger partial charge in [0.25, 0.3) is 0 Å². The molecule has 0 bridgehead atoms. The Kier molecular flexibility index (Phi) is 3.88. The van der Waals surface area contributed by atoms with Crippen LogP contribution in [-0.4, -0.2) is 18.3 Å². The van der Waals surface area contributed by atoms with Crippen molar-refractivity contribution in [2.75, 3.05) is 13.2 Å². The number of rotatable bonds is 4. The van der Waals surface area contributed by atoms with Gasteiger partial charge in [0.15, 0.2) is 0 Å². The van der Waals surface area contributed by atoms with E-state index in [1.807, 2.05) is 12.1 Å². The molecule has 1 unspecified atom stereocenters. The fraction of sp³-hybridized carbons (Fsp3) is 0.600. The zero-order chi connectivity index (χ0) is 13.3. The number of fused-ring (bicyclic) bond motifs is 1. The standard InChI is InChI=1S/C15H21ClO2/c1-10(2)15(3,9-17)8-12-7-13(16)6-11-4-5-18-14(11)12/h6-7,10,17H,4-5,8-9H2,1-3H3. The lowest BCUT2D eigenvalue weighted by atomic mass is 9.75. The Bertz CT molecular complexity index is 442. The third-order valence-electron chi connectivity index (χ3n) is 4.17. The maximum Gasteiger partial charge on any atom is 0.125 e. The molecule has 1 aliphatic heterocycles. The van der Waals surface area contributed by atoms with Crippen molar-refractivity contribution in [1.82, 2.24) is 0 Å². The van der Waals surface area contributed by atoms with Gasteiger partial charge in [-0.2, -0.15) is 0 Å². The molecule has 0 saturated heterocycles. The van der Waals surface area contributed by atoms with Gasteiger partial charge in [-0.15, -0.1) is 0 Å². The van der Waals surface area contributed by atoms with Crippen molar-refractivity contribution in [3.63, 3.8) is 0 Å². The maximum atomic E-state index is 9.66. The zero-order valence-corrected chi connectivity index (χ0v) is 12.0. The largest absolute Gasteiger partial charge is 0.493 e. The van der Waals surface area contributed by atoms with E-state index in [-0.39, 0.29) is 12.0 Å². The second-order valence-electron chi connectivity index (χ2n) is 5.80. The molecule has 1 heterocycles. The van der Waals surface area contributed by atoms with Crippen LogP contribution in [0.25, 0.3) is 0 Å². The summed E-state index contributed by atoms with van der Waals surface area (Å²) in [6.45, 7) is 7.30. The first kappa shape index (κ1) is 13.7. The summed E-state index contributed by atoms with van der Waals surface area (Å²) in [4.78, 5) is 0. The molecule has 100 valence electrons. The average molecular weight is 269 g/mol. The van der Waals surface area contributed by atoms with Gasteiger partial charge in [-0.25, -0.2) is 0 Å². The molecule has 1 atom stereocenters. The highest BCUT2D eigenvalue weighted by Crippen LogP contribution is 2.39. The number of ether oxygens (including phenoxy) is 1.